The highest BCUT2D eigenvalue weighted by atomic mass is 16.5. The zero-order valence-electron chi connectivity index (χ0n) is 11.7. The number of carbonyl (C=O) groups is 2. The normalized spacial score (nSPS) is 10.4. The van der Waals surface area contributed by atoms with Crippen LogP contribution in [0.15, 0.2) is 29.2 Å². The van der Waals surface area contributed by atoms with Crippen molar-refractivity contribution in [3.63, 3.8) is 0 Å². The van der Waals surface area contributed by atoms with Crippen molar-refractivity contribution in [1.82, 2.24) is 9.38 Å². The van der Waals surface area contributed by atoms with E-state index in [-0.39, 0.29) is 30.1 Å². The van der Waals surface area contributed by atoms with Gasteiger partial charge in [-0.1, -0.05) is 6.07 Å². The molecule has 0 atom stereocenters. The second-order valence-electron chi connectivity index (χ2n) is 4.02. The highest BCUT2D eigenvalue weighted by Crippen LogP contribution is 2.06. The van der Waals surface area contributed by atoms with E-state index < -0.39 is 17.5 Å². The number of aromatic nitrogens is 2. The van der Waals surface area contributed by atoms with Crippen LogP contribution in [0.3, 0.4) is 0 Å². The first kappa shape index (κ1) is 14.7. The van der Waals surface area contributed by atoms with Gasteiger partial charge in [-0.25, -0.2) is 14.6 Å². The van der Waals surface area contributed by atoms with Crippen LogP contribution in [0, 0.1) is 0 Å². The summed E-state index contributed by atoms with van der Waals surface area (Å²) in [6.45, 7) is 3.61. The van der Waals surface area contributed by atoms with Crippen molar-refractivity contribution in [2.45, 2.75) is 13.8 Å². The van der Waals surface area contributed by atoms with Crippen LogP contribution < -0.4 is 5.56 Å². The lowest BCUT2D eigenvalue weighted by molar-refractivity contribution is 0.0504. The summed E-state index contributed by atoms with van der Waals surface area (Å²) in [6.07, 6.45) is 1.14. The molecule has 21 heavy (non-hydrogen) atoms. The molecule has 0 aliphatic rings. The van der Waals surface area contributed by atoms with Crippen LogP contribution >= 0.6 is 0 Å². The maximum atomic E-state index is 12.4. The van der Waals surface area contributed by atoms with E-state index in [9.17, 15) is 14.4 Å². The number of carbonyl (C=O) groups excluding carboxylic acids is 2. The van der Waals surface area contributed by atoms with Crippen molar-refractivity contribution >= 4 is 17.6 Å². The molecule has 0 fully saturated rings. The number of esters is 2. The topological polar surface area (TPSA) is 87.0 Å². The van der Waals surface area contributed by atoms with Crippen LogP contribution in [-0.2, 0) is 9.47 Å². The van der Waals surface area contributed by atoms with Crippen LogP contribution in [-0.4, -0.2) is 34.5 Å². The number of fused-ring (bicyclic) bond motifs is 1. The van der Waals surface area contributed by atoms with Gasteiger partial charge in [0.05, 0.1) is 13.2 Å². The Labute approximate surface area is 120 Å². The van der Waals surface area contributed by atoms with Gasteiger partial charge in [-0.2, -0.15) is 0 Å². The van der Waals surface area contributed by atoms with Crippen molar-refractivity contribution in [3.05, 3.63) is 46.0 Å². The van der Waals surface area contributed by atoms with Gasteiger partial charge in [0.15, 0.2) is 0 Å². The van der Waals surface area contributed by atoms with Gasteiger partial charge in [0.25, 0.3) is 5.56 Å². The fourth-order valence-electron chi connectivity index (χ4n) is 1.83. The molecule has 0 aliphatic carbocycles. The zero-order chi connectivity index (χ0) is 15.4. The van der Waals surface area contributed by atoms with Crippen molar-refractivity contribution in [1.29, 1.82) is 0 Å². The van der Waals surface area contributed by atoms with Crippen LogP contribution in [0.5, 0.6) is 0 Å². The molecule has 0 N–H and O–H groups in total. The van der Waals surface area contributed by atoms with Gasteiger partial charge in [0, 0.05) is 6.20 Å². The van der Waals surface area contributed by atoms with Gasteiger partial charge in [-0.15, -0.1) is 0 Å². The highest BCUT2D eigenvalue weighted by Gasteiger charge is 2.18. The zero-order valence-corrected chi connectivity index (χ0v) is 11.7. The molecule has 7 nitrogen and oxygen atoms in total. The molecule has 0 amide bonds. The van der Waals surface area contributed by atoms with Crippen LogP contribution in [0.4, 0.5) is 0 Å². The minimum atomic E-state index is -0.775. The number of rotatable bonds is 4. The van der Waals surface area contributed by atoms with Gasteiger partial charge in [0.2, 0.25) is 0 Å². The predicted octanol–water partition coefficient (Wildman–Crippen LogP) is 1.05. The first-order valence-electron chi connectivity index (χ1n) is 6.45. The largest absolute Gasteiger partial charge is 0.462 e. The maximum Gasteiger partial charge on any atom is 0.355 e. The molecular weight excluding hydrogens is 276 g/mol. The maximum absolute atomic E-state index is 12.4. The SMILES string of the molecule is CCOC(=O)c1cnc2cccc(C(=O)OCC)n2c1=O. The van der Waals surface area contributed by atoms with Crippen LogP contribution in [0.1, 0.15) is 34.7 Å². The summed E-state index contributed by atoms with van der Waals surface area (Å²) >= 11 is 0. The Morgan fingerprint density at radius 1 is 1.14 bits per heavy atom. The standard InChI is InChI=1S/C14H14N2O5/c1-3-20-13(18)9-8-15-11-7-5-6-10(14(19)21-4-2)16(11)12(9)17/h5-8H,3-4H2,1-2H3. The molecule has 0 radical (unpaired) electrons. The third kappa shape index (κ3) is 2.76. The Bertz CT molecular complexity index is 751. The third-order valence-corrected chi connectivity index (χ3v) is 2.71. The summed E-state index contributed by atoms with van der Waals surface area (Å²) in [4.78, 5) is 40.0. The van der Waals surface area contributed by atoms with Crippen molar-refractivity contribution in [2.24, 2.45) is 0 Å². The lowest BCUT2D eigenvalue weighted by Gasteiger charge is -2.08. The molecule has 2 heterocycles. The van der Waals surface area contributed by atoms with E-state index in [1.807, 2.05) is 0 Å². The van der Waals surface area contributed by atoms with E-state index in [1.54, 1.807) is 26.0 Å². The monoisotopic (exact) mass is 290 g/mol. The molecule has 0 aliphatic heterocycles. The van der Waals surface area contributed by atoms with Gasteiger partial charge < -0.3 is 9.47 Å². The van der Waals surface area contributed by atoms with Crippen molar-refractivity contribution in [2.75, 3.05) is 13.2 Å². The summed E-state index contributed by atoms with van der Waals surface area (Å²) in [6, 6.07) is 4.57. The Morgan fingerprint density at radius 3 is 2.48 bits per heavy atom. The molecule has 2 aromatic rings. The molecule has 110 valence electrons. The van der Waals surface area contributed by atoms with Crippen molar-refractivity contribution < 1.29 is 19.1 Å². The second kappa shape index (κ2) is 6.17. The lowest BCUT2D eigenvalue weighted by Crippen LogP contribution is -2.28. The molecule has 7 heteroatoms. The number of hydrogen-bond acceptors (Lipinski definition) is 6. The average Bonchev–Trinajstić information content (AvgIpc) is 2.47. The lowest BCUT2D eigenvalue weighted by atomic mass is 10.3. The van der Waals surface area contributed by atoms with Crippen molar-refractivity contribution in [3.8, 4) is 0 Å². The van der Waals surface area contributed by atoms with Gasteiger partial charge in [-0.3, -0.25) is 9.20 Å². The molecule has 0 aromatic carbocycles. The summed E-state index contributed by atoms with van der Waals surface area (Å²) in [5.74, 6) is -1.43. The Hall–Kier alpha value is -2.70. The number of nitrogens with zero attached hydrogens (tertiary/aromatic N) is 2. The van der Waals surface area contributed by atoms with E-state index in [4.69, 9.17) is 9.47 Å². The summed E-state index contributed by atoms with van der Waals surface area (Å²) in [7, 11) is 0. The summed E-state index contributed by atoms with van der Waals surface area (Å²) in [5.41, 5.74) is -0.634. The molecule has 0 unspecified atom stereocenters. The van der Waals surface area contributed by atoms with E-state index in [0.717, 1.165) is 10.6 Å². The fraction of sp³-hybridized carbons (Fsp3) is 0.286. The minimum Gasteiger partial charge on any atom is -0.462 e. The second-order valence-corrected chi connectivity index (χ2v) is 4.02. The molecule has 2 aromatic heterocycles. The molecule has 0 bridgehead atoms. The third-order valence-electron chi connectivity index (χ3n) is 2.71. The molecule has 0 saturated carbocycles. The first-order chi connectivity index (χ1) is 10.1. The van der Waals surface area contributed by atoms with E-state index >= 15 is 0 Å². The smallest absolute Gasteiger partial charge is 0.355 e. The quantitative estimate of drug-likeness (QED) is 0.782. The first-order valence-corrected chi connectivity index (χ1v) is 6.45. The molecule has 0 spiro atoms. The van der Waals surface area contributed by atoms with Gasteiger partial charge in [0.1, 0.15) is 16.9 Å². The molecule has 2 rings (SSSR count). The predicted molar refractivity (Wildman–Crippen MR) is 73.4 cm³/mol. The summed E-state index contributed by atoms with van der Waals surface area (Å²) < 4.78 is 10.7. The van der Waals surface area contributed by atoms with E-state index in [0.29, 0.717) is 0 Å². The number of pyridine rings is 1. The van der Waals surface area contributed by atoms with Gasteiger partial charge >= 0.3 is 11.9 Å². The van der Waals surface area contributed by atoms with Crippen LogP contribution in [0.25, 0.3) is 5.65 Å². The van der Waals surface area contributed by atoms with E-state index in [2.05, 4.69) is 4.98 Å². The Morgan fingerprint density at radius 2 is 1.81 bits per heavy atom. The highest BCUT2D eigenvalue weighted by molar-refractivity contribution is 5.90. The van der Waals surface area contributed by atoms with E-state index in [1.165, 1.54) is 6.07 Å². The van der Waals surface area contributed by atoms with Gasteiger partial charge in [-0.05, 0) is 26.0 Å². The van der Waals surface area contributed by atoms with Crippen LogP contribution in [0.2, 0.25) is 0 Å². The number of ether oxygens (including phenoxy) is 2. The Balaban J connectivity index is 2.67. The minimum absolute atomic E-state index is 0.0120. The molecule has 0 saturated heterocycles. The average molecular weight is 290 g/mol. The summed E-state index contributed by atoms with van der Waals surface area (Å²) in [5, 5.41) is 0. The fourth-order valence-corrected chi connectivity index (χ4v) is 1.83. The Kier molecular flexibility index (Phi) is 4.32. The molecular formula is C14H14N2O5. The number of hydrogen-bond donors (Lipinski definition) is 0.